The SMILES string of the molecule is CC(C)(C)c1ccc(O)c(C=Nc2ccccc2-c2nc3c(-c4cccc5ccccc45)cc(F)cc3o2)c1. The number of rotatable bonds is 4. The molecule has 39 heavy (non-hydrogen) atoms. The summed E-state index contributed by atoms with van der Waals surface area (Å²) < 4.78 is 20.9. The standard InChI is InChI=1S/C34H27FN2O2/c1-34(2,3)23-15-16-30(38)22(17-23)20-36-29-14-7-6-12-27(29)33-37-32-28(18-24(35)19-31(32)39-33)26-13-8-10-21-9-4-5-11-25(21)26/h4-20,38H,1-3H3. The zero-order valence-electron chi connectivity index (χ0n) is 21.9. The Balaban J connectivity index is 1.46. The van der Waals surface area contributed by atoms with Gasteiger partial charge in [0, 0.05) is 23.4 Å². The molecule has 1 heterocycles. The van der Waals surface area contributed by atoms with E-state index < -0.39 is 5.82 Å². The highest BCUT2D eigenvalue weighted by Gasteiger charge is 2.18. The molecule has 4 nitrogen and oxygen atoms in total. The van der Waals surface area contributed by atoms with Crippen LogP contribution < -0.4 is 0 Å². The number of fused-ring (bicyclic) bond motifs is 2. The Morgan fingerprint density at radius 3 is 2.41 bits per heavy atom. The van der Waals surface area contributed by atoms with E-state index in [4.69, 9.17) is 9.40 Å². The van der Waals surface area contributed by atoms with Crippen molar-refractivity contribution in [2.45, 2.75) is 26.2 Å². The average molecular weight is 515 g/mol. The lowest BCUT2D eigenvalue weighted by Crippen LogP contribution is -2.11. The van der Waals surface area contributed by atoms with Crippen molar-refractivity contribution in [3.8, 4) is 28.3 Å². The molecule has 0 spiro atoms. The second-order valence-electron chi connectivity index (χ2n) is 10.6. The Kier molecular flexibility index (Phi) is 5.99. The lowest BCUT2D eigenvalue weighted by Gasteiger charge is -2.19. The van der Waals surface area contributed by atoms with Gasteiger partial charge in [-0.05, 0) is 57.6 Å². The van der Waals surface area contributed by atoms with Crippen molar-refractivity contribution in [2.24, 2.45) is 4.99 Å². The summed E-state index contributed by atoms with van der Waals surface area (Å²) in [4.78, 5) is 9.52. The summed E-state index contributed by atoms with van der Waals surface area (Å²) in [5.74, 6) is 0.104. The van der Waals surface area contributed by atoms with Crippen LogP contribution >= 0.6 is 0 Å². The highest BCUT2D eigenvalue weighted by atomic mass is 19.1. The van der Waals surface area contributed by atoms with Gasteiger partial charge in [0.25, 0.3) is 0 Å². The quantitative estimate of drug-likeness (QED) is 0.239. The third-order valence-electron chi connectivity index (χ3n) is 6.91. The van der Waals surface area contributed by atoms with Crippen LogP contribution in [0, 0.1) is 5.82 Å². The molecule has 6 rings (SSSR count). The first-order valence-electron chi connectivity index (χ1n) is 12.8. The molecule has 0 aliphatic heterocycles. The summed E-state index contributed by atoms with van der Waals surface area (Å²) in [6.45, 7) is 6.37. The lowest BCUT2D eigenvalue weighted by molar-refractivity contribution is 0.473. The van der Waals surface area contributed by atoms with Gasteiger partial charge in [0.2, 0.25) is 5.89 Å². The van der Waals surface area contributed by atoms with Gasteiger partial charge in [-0.25, -0.2) is 9.37 Å². The van der Waals surface area contributed by atoms with Crippen LogP contribution in [0.4, 0.5) is 10.1 Å². The fraction of sp³-hybridized carbons (Fsp3) is 0.118. The highest BCUT2D eigenvalue weighted by Crippen LogP contribution is 2.38. The van der Waals surface area contributed by atoms with Crippen LogP contribution in [0.25, 0.3) is 44.5 Å². The van der Waals surface area contributed by atoms with Gasteiger partial charge >= 0.3 is 0 Å². The Bertz CT molecular complexity index is 1870. The van der Waals surface area contributed by atoms with E-state index in [0.29, 0.717) is 39.4 Å². The van der Waals surface area contributed by atoms with Gasteiger partial charge in [-0.3, -0.25) is 4.99 Å². The molecule has 0 fully saturated rings. The van der Waals surface area contributed by atoms with Crippen LogP contribution in [0.1, 0.15) is 31.9 Å². The summed E-state index contributed by atoms with van der Waals surface area (Å²) in [5.41, 5.74) is 5.44. The zero-order chi connectivity index (χ0) is 27.1. The Hall–Kier alpha value is -4.77. The first-order chi connectivity index (χ1) is 18.8. The molecule has 1 aromatic heterocycles. The molecular formula is C34H27FN2O2. The van der Waals surface area contributed by atoms with Gasteiger partial charge < -0.3 is 9.52 Å². The van der Waals surface area contributed by atoms with E-state index in [1.54, 1.807) is 12.3 Å². The highest BCUT2D eigenvalue weighted by molar-refractivity contribution is 6.03. The van der Waals surface area contributed by atoms with Crippen molar-refractivity contribution in [2.75, 3.05) is 0 Å². The first-order valence-corrected chi connectivity index (χ1v) is 12.8. The van der Waals surface area contributed by atoms with Gasteiger partial charge in [-0.2, -0.15) is 0 Å². The molecule has 5 aromatic carbocycles. The number of aromatic hydroxyl groups is 1. The number of aromatic nitrogens is 1. The maximum Gasteiger partial charge on any atom is 0.229 e. The van der Waals surface area contributed by atoms with Crippen molar-refractivity contribution < 1.29 is 13.9 Å². The van der Waals surface area contributed by atoms with Gasteiger partial charge in [0.15, 0.2) is 5.58 Å². The summed E-state index contributed by atoms with van der Waals surface area (Å²) in [6, 6.07) is 29.9. The first kappa shape index (κ1) is 24.6. The van der Waals surface area contributed by atoms with E-state index in [1.165, 1.54) is 12.1 Å². The molecule has 192 valence electrons. The molecule has 0 aliphatic carbocycles. The summed E-state index contributed by atoms with van der Waals surface area (Å²) in [7, 11) is 0. The Morgan fingerprint density at radius 2 is 1.56 bits per heavy atom. The number of halogens is 1. The average Bonchev–Trinajstić information content (AvgIpc) is 3.35. The molecule has 0 amide bonds. The van der Waals surface area contributed by atoms with Crippen LogP contribution in [0.2, 0.25) is 0 Å². The summed E-state index contributed by atoms with van der Waals surface area (Å²) >= 11 is 0. The fourth-order valence-corrected chi connectivity index (χ4v) is 4.81. The van der Waals surface area contributed by atoms with Crippen LogP contribution in [0.15, 0.2) is 106 Å². The zero-order valence-corrected chi connectivity index (χ0v) is 21.9. The summed E-state index contributed by atoms with van der Waals surface area (Å²) in [6.07, 6.45) is 1.65. The van der Waals surface area contributed by atoms with Crippen molar-refractivity contribution in [1.29, 1.82) is 0 Å². The van der Waals surface area contributed by atoms with Crippen molar-refractivity contribution in [1.82, 2.24) is 4.98 Å². The smallest absolute Gasteiger partial charge is 0.229 e. The van der Waals surface area contributed by atoms with Crippen molar-refractivity contribution in [3.05, 3.63) is 114 Å². The van der Waals surface area contributed by atoms with Gasteiger partial charge in [0.05, 0.1) is 11.3 Å². The molecule has 0 saturated heterocycles. The minimum absolute atomic E-state index is 0.0660. The van der Waals surface area contributed by atoms with Crippen molar-refractivity contribution >= 4 is 33.8 Å². The molecule has 0 unspecified atom stereocenters. The predicted octanol–water partition coefficient (Wildman–Crippen LogP) is 9.21. The van der Waals surface area contributed by atoms with Crippen LogP contribution in [0.5, 0.6) is 5.75 Å². The van der Waals surface area contributed by atoms with E-state index in [9.17, 15) is 9.50 Å². The maximum atomic E-state index is 14.8. The number of aliphatic imine (C=N–C) groups is 1. The number of nitrogens with zero attached hydrogens (tertiary/aromatic N) is 2. The number of phenolic OH excluding ortho intramolecular Hbond substituents is 1. The topological polar surface area (TPSA) is 58.6 Å². The summed E-state index contributed by atoms with van der Waals surface area (Å²) in [5, 5.41) is 12.5. The molecule has 6 aromatic rings. The lowest BCUT2D eigenvalue weighted by atomic mass is 9.86. The molecule has 0 bridgehead atoms. The second-order valence-corrected chi connectivity index (χ2v) is 10.6. The van der Waals surface area contributed by atoms with Crippen LogP contribution in [-0.4, -0.2) is 16.3 Å². The normalized spacial score (nSPS) is 12.1. The predicted molar refractivity (Wildman–Crippen MR) is 156 cm³/mol. The molecular weight excluding hydrogens is 487 g/mol. The van der Waals surface area contributed by atoms with E-state index in [0.717, 1.165) is 21.9 Å². The van der Waals surface area contributed by atoms with Crippen LogP contribution in [-0.2, 0) is 5.41 Å². The second kappa shape index (κ2) is 9.52. The molecule has 0 radical (unpaired) electrons. The van der Waals surface area contributed by atoms with E-state index >= 15 is 0 Å². The Labute approximate surface area is 226 Å². The van der Waals surface area contributed by atoms with Crippen LogP contribution in [0.3, 0.4) is 0 Å². The number of hydrogen-bond donors (Lipinski definition) is 1. The minimum atomic E-state index is -0.395. The van der Waals surface area contributed by atoms with E-state index in [2.05, 4.69) is 25.8 Å². The number of hydrogen-bond acceptors (Lipinski definition) is 4. The van der Waals surface area contributed by atoms with Gasteiger partial charge in [-0.1, -0.05) is 81.4 Å². The molecule has 0 saturated carbocycles. The minimum Gasteiger partial charge on any atom is -0.507 e. The van der Waals surface area contributed by atoms with E-state index in [1.807, 2.05) is 78.9 Å². The van der Waals surface area contributed by atoms with Gasteiger partial charge in [0.1, 0.15) is 17.1 Å². The fourth-order valence-electron chi connectivity index (χ4n) is 4.81. The molecule has 1 N–H and O–H groups in total. The largest absolute Gasteiger partial charge is 0.507 e. The number of oxazole rings is 1. The third kappa shape index (κ3) is 4.68. The number of benzene rings is 5. The monoisotopic (exact) mass is 514 g/mol. The number of para-hydroxylation sites is 1. The van der Waals surface area contributed by atoms with Crippen molar-refractivity contribution in [3.63, 3.8) is 0 Å². The Morgan fingerprint density at radius 1 is 0.821 bits per heavy atom. The van der Waals surface area contributed by atoms with E-state index in [-0.39, 0.29) is 11.2 Å². The molecule has 0 aliphatic rings. The number of phenols is 1. The molecule has 0 atom stereocenters. The van der Waals surface area contributed by atoms with Gasteiger partial charge in [-0.15, -0.1) is 0 Å². The third-order valence-corrected chi connectivity index (χ3v) is 6.91. The maximum absolute atomic E-state index is 14.8. The molecule has 5 heteroatoms.